The van der Waals surface area contributed by atoms with E-state index in [-0.39, 0.29) is 45.3 Å². The fourth-order valence-corrected chi connectivity index (χ4v) is 6.41. The van der Waals surface area contributed by atoms with Crippen molar-refractivity contribution in [1.82, 2.24) is 10.3 Å². The molecule has 39 heavy (non-hydrogen) atoms. The number of hydrogen-bond acceptors (Lipinski definition) is 6. The number of aryl methyl sites for hydroxylation is 2. The van der Waals surface area contributed by atoms with Gasteiger partial charge in [-0.25, -0.2) is 23.0 Å². The van der Waals surface area contributed by atoms with Crippen LogP contribution in [0.5, 0.6) is 0 Å². The number of nitriles is 1. The lowest BCUT2D eigenvalue weighted by molar-refractivity contribution is -0.137. The third kappa shape index (κ3) is 5.65. The molecule has 2 amide bonds. The molecule has 1 aliphatic heterocycles. The largest absolute Gasteiger partial charge is 0.416 e. The number of allylic oxidation sites excluding steroid dienone is 1. The van der Waals surface area contributed by atoms with E-state index in [9.17, 15) is 31.6 Å². The number of carbonyl (C=O) groups is 1. The smallest absolute Gasteiger partial charge is 0.335 e. The minimum absolute atomic E-state index is 0.0451. The van der Waals surface area contributed by atoms with Gasteiger partial charge in [0, 0.05) is 23.2 Å². The summed E-state index contributed by atoms with van der Waals surface area (Å²) >= 11 is 1.38. The second-order valence-corrected chi connectivity index (χ2v) is 11.8. The second-order valence-electron chi connectivity index (χ2n) is 8.64. The maximum Gasteiger partial charge on any atom is 0.416 e. The first-order chi connectivity index (χ1) is 18.4. The molecule has 0 radical (unpaired) electrons. The van der Waals surface area contributed by atoms with Gasteiger partial charge in [0.25, 0.3) is 0 Å². The minimum Gasteiger partial charge on any atom is -0.335 e. The number of anilines is 1. The Hall–Kier alpha value is -4.20. The third-order valence-corrected chi connectivity index (χ3v) is 8.67. The highest BCUT2D eigenvalue weighted by molar-refractivity contribution is 7.91. The maximum atomic E-state index is 13.5. The molecule has 4 rings (SSSR count). The molecule has 1 N–H and O–H groups in total. The van der Waals surface area contributed by atoms with Crippen molar-refractivity contribution in [3.8, 4) is 6.07 Å². The molecule has 1 aromatic heterocycles. The van der Waals surface area contributed by atoms with E-state index < -0.39 is 33.6 Å². The van der Waals surface area contributed by atoms with E-state index in [1.165, 1.54) is 42.5 Å². The number of nitrogens with zero attached hydrogens (tertiary/aromatic N) is 4. The second kappa shape index (κ2) is 10.5. The summed E-state index contributed by atoms with van der Waals surface area (Å²) in [5.41, 5.74) is -0.370. The van der Waals surface area contributed by atoms with E-state index in [0.29, 0.717) is 5.69 Å². The number of halogens is 3. The molecule has 0 saturated heterocycles. The van der Waals surface area contributed by atoms with Crippen molar-refractivity contribution in [2.24, 2.45) is 0 Å². The number of hydrogen-bond donors (Lipinski definition) is 1. The Kier molecular flexibility index (Phi) is 7.50. The van der Waals surface area contributed by atoms with Crippen molar-refractivity contribution in [2.75, 3.05) is 10.7 Å². The SMILES string of the molecule is [C-]#[N+]C1=C(C)N(c2cccc(C(F)(F)F)c2)C(=O)N[C@@H]1c1ccc(C#N)cc1S(=O)(=O)CCc1csc(C)n1. The van der Waals surface area contributed by atoms with Crippen LogP contribution in [0.4, 0.5) is 23.7 Å². The van der Waals surface area contributed by atoms with Crippen LogP contribution in [-0.2, 0) is 22.4 Å². The standard InChI is InChI=1S/C26H20F3N5O3S2/c1-15-23(31-3)24(33-25(35)34(15)20-6-4-5-18(12-20)26(27,28)29)21-8-7-17(13-30)11-22(21)39(36,37)10-9-19-14-38-16(2)32-19/h4-8,11-12,14,24H,9-10H2,1-2H3,(H,33,35)/t24-/m1/s1. The molecular weight excluding hydrogens is 551 g/mol. The molecule has 1 aliphatic rings. The summed E-state index contributed by atoms with van der Waals surface area (Å²) in [5, 5.41) is 14.5. The predicted molar refractivity (Wildman–Crippen MR) is 138 cm³/mol. The molecule has 2 aromatic carbocycles. The average Bonchev–Trinajstić information content (AvgIpc) is 3.31. The molecule has 1 atom stereocenters. The predicted octanol–water partition coefficient (Wildman–Crippen LogP) is 5.78. The number of urea groups is 1. The number of thiazole rings is 1. The molecule has 0 aliphatic carbocycles. The molecule has 2 heterocycles. The van der Waals surface area contributed by atoms with Crippen LogP contribution in [0.1, 0.15) is 40.4 Å². The quantitative estimate of drug-likeness (QED) is 0.378. The molecule has 0 saturated carbocycles. The van der Waals surface area contributed by atoms with E-state index in [4.69, 9.17) is 6.57 Å². The van der Waals surface area contributed by atoms with E-state index in [1.807, 2.05) is 6.07 Å². The van der Waals surface area contributed by atoms with Gasteiger partial charge in [-0.2, -0.15) is 18.4 Å². The average molecular weight is 572 g/mol. The van der Waals surface area contributed by atoms with E-state index in [2.05, 4.69) is 15.1 Å². The van der Waals surface area contributed by atoms with Gasteiger partial charge in [0.1, 0.15) is 0 Å². The minimum atomic E-state index is -4.64. The molecule has 0 unspecified atom stereocenters. The van der Waals surface area contributed by atoms with E-state index >= 15 is 0 Å². The highest BCUT2D eigenvalue weighted by atomic mass is 32.2. The van der Waals surface area contributed by atoms with Gasteiger partial charge in [-0.15, -0.1) is 11.3 Å². The van der Waals surface area contributed by atoms with Gasteiger partial charge in [-0.1, -0.05) is 12.1 Å². The highest BCUT2D eigenvalue weighted by Crippen LogP contribution is 2.39. The summed E-state index contributed by atoms with van der Waals surface area (Å²) in [5.74, 6) is -0.328. The van der Waals surface area contributed by atoms with Gasteiger partial charge in [-0.05, 0) is 49.7 Å². The van der Waals surface area contributed by atoms with Gasteiger partial charge in [0.2, 0.25) is 5.70 Å². The van der Waals surface area contributed by atoms with Gasteiger partial charge >= 0.3 is 12.2 Å². The monoisotopic (exact) mass is 571 g/mol. The molecule has 0 spiro atoms. The lowest BCUT2D eigenvalue weighted by Gasteiger charge is -2.34. The molecule has 13 heteroatoms. The first kappa shape index (κ1) is 27.8. The van der Waals surface area contributed by atoms with Gasteiger partial charge < -0.3 is 5.32 Å². The van der Waals surface area contributed by atoms with Crippen LogP contribution < -0.4 is 10.2 Å². The summed E-state index contributed by atoms with van der Waals surface area (Å²) in [6.07, 6.45) is -4.53. The molecule has 3 aromatic rings. The van der Waals surface area contributed by atoms with Crippen LogP contribution in [0.25, 0.3) is 4.85 Å². The third-order valence-electron chi connectivity index (χ3n) is 6.08. The summed E-state index contributed by atoms with van der Waals surface area (Å²) in [6.45, 7) is 11.0. The summed E-state index contributed by atoms with van der Waals surface area (Å²) in [6, 6.07) is 7.90. The number of benzene rings is 2. The number of aromatic nitrogens is 1. The van der Waals surface area contributed by atoms with Crippen molar-refractivity contribution in [2.45, 2.75) is 37.4 Å². The van der Waals surface area contributed by atoms with Crippen LogP contribution >= 0.6 is 11.3 Å². The van der Waals surface area contributed by atoms with Crippen molar-refractivity contribution in [1.29, 1.82) is 5.26 Å². The Morgan fingerprint density at radius 2 is 1.97 bits per heavy atom. The normalized spacial score (nSPS) is 16.0. The Bertz CT molecular complexity index is 1680. The Labute approximate surface area is 226 Å². The molecular formula is C26H20F3N5O3S2. The van der Waals surface area contributed by atoms with Crippen molar-refractivity contribution >= 4 is 32.9 Å². The summed E-state index contributed by atoms with van der Waals surface area (Å²) < 4.78 is 66.8. The Morgan fingerprint density at radius 1 is 1.23 bits per heavy atom. The van der Waals surface area contributed by atoms with Crippen LogP contribution in [0.15, 0.2) is 64.1 Å². The van der Waals surface area contributed by atoms with Crippen LogP contribution in [-0.4, -0.2) is 25.2 Å². The van der Waals surface area contributed by atoms with Crippen LogP contribution in [0.3, 0.4) is 0 Å². The number of nitrogens with one attached hydrogen (secondary N) is 1. The topological polar surface area (TPSA) is 108 Å². The lowest BCUT2D eigenvalue weighted by Crippen LogP contribution is -2.46. The van der Waals surface area contributed by atoms with Gasteiger partial charge in [0.05, 0.1) is 51.2 Å². The fraction of sp³-hybridized carbons (Fsp3) is 0.231. The number of carbonyl (C=O) groups excluding carboxylic acids is 1. The number of sulfone groups is 1. The van der Waals surface area contributed by atoms with Crippen LogP contribution in [0.2, 0.25) is 0 Å². The Morgan fingerprint density at radius 3 is 2.59 bits per heavy atom. The zero-order chi connectivity index (χ0) is 28.5. The summed E-state index contributed by atoms with van der Waals surface area (Å²) in [7, 11) is -4.02. The van der Waals surface area contributed by atoms with Crippen LogP contribution in [0, 0.1) is 24.8 Å². The van der Waals surface area contributed by atoms with Crippen molar-refractivity contribution in [3.05, 3.63) is 98.0 Å². The fourth-order valence-electron chi connectivity index (χ4n) is 4.22. The van der Waals surface area contributed by atoms with Gasteiger partial charge in [-0.3, -0.25) is 4.90 Å². The molecule has 0 fully saturated rings. The zero-order valence-corrected chi connectivity index (χ0v) is 22.2. The molecule has 200 valence electrons. The highest BCUT2D eigenvalue weighted by Gasteiger charge is 2.38. The lowest BCUT2D eigenvalue weighted by atomic mass is 9.99. The number of alkyl halides is 3. The maximum absolute atomic E-state index is 13.5. The van der Waals surface area contributed by atoms with E-state index in [0.717, 1.165) is 28.1 Å². The first-order valence-corrected chi connectivity index (χ1v) is 13.9. The van der Waals surface area contributed by atoms with Gasteiger partial charge in [0.15, 0.2) is 9.84 Å². The number of rotatable bonds is 6. The van der Waals surface area contributed by atoms with Crippen molar-refractivity contribution < 1.29 is 26.4 Å². The van der Waals surface area contributed by atoms with E-state index in [1.54, 1.807) is 12.3 Å². The first-order valence-electron chi connectivity index (χ1n) is 11.4. The number of amides is 2. The van der Waals surface area contributed by atoms with Crippen molar-refractivity contribution in [3.63, 3.8) is 0 Å². The summed E-state index contributed by atoms with van der Waals surface area (Å²) in [4.78, 5) is 21.7. The zero-order valence-electron chi connectivity index (χ0n) is 20.6. The Balaban J connectivity index is 1.78. The molecule has 8 nitrogen and oxygen atoms in total. The molecule has 0 bridgehead atoms.